The maximum atomic E-state index is 12.4. The largest absolute Gasteiger partial charge is 0.495 e. The lowest BCUT2D eigenvalue weighted by molar-refractivity contribution is -0.116. The monoisotopic (exact) mass is 332 g/mol. The van der Waals surface area contributed by atoms with Crippen LogP contribution >= 0.6 is 11.6 Å². The van der Waals surface area contributed by atoms with Gasteiger partial charge in [-0.2, -0.15) is 0 Å². The molecule has 0 saturated carbocycles. The first-order chi connectivity index (χ1) is 10.9. The molecule has 0 aliphatic rings. The van der Waals surface area contributed by atoms with E-state index in [0.717, 1.165) is 16.8 Å². The van der Waals surface area contributed by atoms with E-state index in [2.05, 4.69) is 16.7 Å². The Hall–Kier alpha value is -2.20. The van der Waals surface area contributed by atoms with Gasteiger partial charge in [0.2, 0.25) is 5.91 Å². The second-order valence-corrected chi connectivity index (χ2v) is 6.01. The van der Waals surface area contributed by atoms with Gasteiger partial charge in [0.1, 0.15) is 11.8 Å². The van der Waals surface area contributed by atoms with Crippen LogP contribution in [0.15, 0.2) is 36.4 Å². The second-order valence-electron chi connectivity index (χ2n) is 5.58. The minimum atomic E-state index is -0.403. The first-order valence-corrected chi connectivity index (χ1v) is 7.76. The summed E-state index contributed by atoms with van der Waals surface area (Å²) in [5.74, 6) is 0.408. The van der Waals surface area contributed by atoms with Crippen LogP contribution in [0.25, 0.3) is 0 Å². The molecule has 0 spiro atoms. The number of ether oxygens (including phenoxy) is 1. The molecular weight excluding hydrogens is 312 g/mol. The van der Waals surface area contributed by atoms with Crippen molar-refractivity contribution in [3.8, 4) is 5.75 Å². The van der Waals surface area contributed by atoms with Gasteiger partial charge in [0.25, 0.3) is 0 Å². The maximum absolute atomic E-state index is 12.4. The zero-order valence-corrected chi connectivity index (χ0v) is 14.5. The normalized spacial score (nSPS) is 11.7. The van der Waals surface area contributed by atoms with Gasteiger partial charge in [0, 0.05) is 10.7 Å². The van der Waals surface area contributed by atoms with E-state index in [-0.39, 0.29) is 5.91 Å². The number of aryl methyl sites for hydroxylation is 2. The SMILES string of the molecule is COc1ccc(Cl)cc1NC(=O)[C@@H](C)Nc1cc(C)cc(C)c1. The molecule has 0 saturated heterocycles. The van der Waals surface area contributed by atoms with E-state index >= 15 is 0 Å². The Morgan fingerprint density at radius 3 is 2.39 bits per heavy atom. The lowest BCUT2D eigenvalue weighted by atomic mass is 10.1. The van der Waals surface area contributed by atoms with E-state index in [0.29, 0.717) is 16.5 Å². The Morgan fingerprint density at radius 2 is 1.78 bits per heavy atom. The lowest BCUT2D eigenvalue weighted by Gasteiger charge is -2.17. The van der Waals surface area contributed by atoms with Crippen molar-refractivity contribution in [3.05, 3.63) is 52.5 Å². The number of benzene rings is 2. The highest BCUT2D eigenvalue weighted by molar-refractivity contribution is 6.31. The van der Waals surface area contributed by atoms with Gasteiger partial charge in [-0.25, -0.2) is 0 Å². The molecule has 122 valence electrons. The highest BCUT2D eigenvalue weighted by atomic mass is 35.5. The molecule has 5 heteroatoms. The molecule has 1 atom stereocenters. The molecule has 2 aromatic rings. The van der Waals surface area contributed by atoms with E-state index in [1.807, 2.05) is 32.9 Å². The van der Waals surface area contributed by atoms with Crippen LogP contribution in [0.2, 0.25) is 5.02 Å². The van der Waals surface area contributed by atoms with Crippen molar-refractivity contribution in [1.29, 1.82) is 0 Å². The number of amides is 1. The quantitative estimate of drug-likeness (QED) is 0.853. The molecule has 0 fully saturated rings. The van der Waals surface area contributed by atoms with Gasteiger partial charge >= 0.3 is 0 Å². The van der Waals surface area contributed by atoms with Crippen molar-refractivity contribution < 1.29 is 9.53 Å². The van der Waals surface area contributed by atoms with Crippen LogP contribution in [0, 0.1) is 13.8 Å². The van der Waals surface area contributed by atoms with Crippen molar-refractivity contribution in [2.24, 2.45) is 0 Å². The zero-order valence-electron chi connectivity index (χ0n) is 13.7. The minimum absolute atomic E-state index is 0.162. The fourth-order valence-electron chi connectivity index (χ4n) is 2.39. The summed E-state index contributed by atoms with van der Waals surface area (Å²) in [6.07, 6.45) is 0. The van der Waals surface area contributed by atoms with E-state index in [1.165, 1.54) is 0 Å². The number of hydrogen-bond donors (Lipinski definition) is 2. The molecule has 23 heavy (non-hydrogen) atoms. The third-order valence-corrected chi connectivity index (χ3v) is 3.65. The smallest absolute Gasteiger partial charge is 0.246 e. The van der Waals surface area contributed by atoms with Gasteiger partial charge in [-0.1, -0.05) is 17.7 Å². The van der Waals surface area contributed by atoms with Crippen molar-refractivity contribution in [1.82, 2.24) is 0 Å². The van der Waals surface area contributed by atoms with E-state index in [1.54, 1.807) is 25.3 Å². The molecule has 2 rings (SSSR count). The molecule has 0 radical (unpaired) electrons. The number of anilines is 2. The number of carbonyl (C=O) groups is 1. The standard InChI is InChI=1S/C18H21ClN2O2/c1-11-7-12(2)9-15(8-11)20-13(3)18(22)21-16-10-14(19)5-6-17(16)23-4/h5-10,13,20H,1-4H3,(H,21,22)/t13-/m1/s1. The Bertz CT molecular complexity index is 696. The van der Waals surface area contributed by atoms with Crippen LogP contribution in [-0.4, -0.2) is 19.1 Å². The number of halogens is 1. The molecule has 1 amide bonds. The van der Waals surface area contributed by atoms with E-state index < -0.39 is 6.04 Å². The minimum Gasteiger partial charge on any atom is -0.495 e. The van der Waals surface area contributed by atoms with Crippen LogP contribution < -0.4 is 15.4 Å². The molecule has 2 N–H and O–H groups in total. The maximum Gasteiger partial charge on any atom is 0.246 e. The molecule has 2 aromatic carbocycles. The molecule has 0 aliphatic heterocycles. The summed E-state index contributed by atoms with van der Waals surface area (Å²) in [5, 5.41) is 6.59. The fourth-order valence-corrected chi connectivity index (χ4v) is 2.56. The number of hydrogen-bond acceptors (Lipinski definition) is 3. The lowest BCUT2D eigenvalue weighted by Crippen LogP contribution is -2.32. The molecule has 4 nitrogen and oxygen atoms in total. The third kappa shape index (κ3) is 4.63. The summed E-state index contributed by atoms with van der Waals surface area (Å²) in [5.41, 5.74) is 3.77. The van der Waals surface area contributed by atoms with Crippen molar-refractivity contribution in [3.63, 3.8) is 0 Å². The highest BCUT2D eigenvalue weighted by Crippen LogP contribution is 2.28. The second kappa shape index (κ2) is 7.38. The highest BCUT2D eigenvalue weighted by Gasteiger charge is 2.15. The Balaban J connectivity index is 2.09. The summed E-state index contributed by atoms with van der Waals surface area (Å²) in [4.78, 5) is 12.4. The van der Waals surface area contributed by atoms with Crippen LogP contribution in [0.5, 0.6) is 5.75 Å². The Kier molecular flexibility index (Phi) is 5.50. The van der Waals surface area contributed by atoms with Gasteiger partial charge in [0.15, 0.2) is 0 Å². The molecule has 0 unspecified atom stereocenters. The Morgan fingerprint density at radius 1 is 1.13 bits per heavy atom. The van der Waals surface area contributed by atoms with Crippen molar-refractivity contribution >= 4 is 28.9 Å². The molecule has 0 aliphatic carbocycles. The summed E-state index contributed by atoms with van der Waals surface area (Å²) < 4.78 is 5.24. The van der Waals surface area contributed by atoms with Gasteiger partial charge < -0.3 is 15.4 Å². The van der Waals surface area contributed by atoms with Gasteiger partial charge in [-0.05, 0) is 62.2 Å². The summed E-state index contributed by atoms with van der Waals surface area (Å²) in [6.45, 7) is 5.86. The number of carbonyl (C=O) groups excluding carboxylic acids is 1. The molecule has 0 aromatic heterocycles. The predicted molar refractivity (Wildman–Crippen MR) is 95.6 cm³/mol. The summed E-state index contributed by atoms with van der Waals surface area (Å²) in [7, 11) is 1.55. The number of nitrogens with one attached hydrogen (secondary N) is 2. The van der Waals surface area contributed by atoms with E-state index in [9.17, 15) is 4.79 Å². The van der Waals surface area contributed by atoms with Crippen LogP contribution in [0.4, 0.5) is 11.4 Å². The number of methoxy groups -OCH3 is 1. The Labute approximate surface area is 141 Å². The molecule has 0 bridgehead atoms. The summed E-state index contributed by atoms with van der Waals surface area (Å²) >= 11 is 5.98. The zero-order chi connectivity index (χ0) is 17.0. The van der Waals surface area contributed by atoms with Crippen molar-refractivity contribution in [2.75, 3.05) is 17.7 Å². The fraction of sp³-hybridized carbons (Fsp3) is 0.278. The van der Waals surface area contributed by atoms with Crippen LogP contribution in [0.1, 0.15) is 18.1 Å². The third-order valence-electron chi connectivity index (χ3n) is 3.42. The molecular formula is C18H21ClN2O2. The van der Waals surface area contributed by atoms with E-state index in [4.69, 9.17) is 16.3 Å². The summed E-state index contributed by atoms with van der Waals surface area (Å²) in [6, 6.07) is 10.8. The topological polar surface area (TPSA) is 50.4 Å². The first kappa shape index (κ1) is 17.2. The van der Waals surface area contributed by atoms with Crippen molar-refractivity contribution in [2.45, 2.75) is 26.8 Å². The van der Waals surface area contributed by atoms with Gasteiger partial charge in [-0.15, -0.1) is 0 Å². The molecule has 0 heterocycles. The van der Waals surface area contributed by atoms with Crippen LogP contribution in [0.3, 0.4) is 0 Å². The van der Waals surface area contributed by atoms with Crippen LogP contribution in [-0.2, 0) is 4.79 Å². The predicted octanol–water partition coefficient (Wildman–Crippen LogP) is 4.40. The van der Waals surface area contributed by atoms with Gasteiger partial charge in [-0.3, -0.25) is 4.79 Å². The first-order valence-electron chi connectivity index (χ1n) is 7.38. The average Bonchev–Trinajstić information content (AvgIpc) is 2.46. The van der Waals surface area contributed by atoms with Gasteiger partial charge in [0.05, 0.1) is 12.8 Å². The number of rotatable bonds is 5. The average molecular weight is 333 g/mol.